The van der Waals surface area contributed by atoms with Gasteiger partial charge in [0, 0.05) is 11.4 Å². The normalized spacial score (nSPS) is 10.1. The van der Waals surface area contributed by atoms with Crippen molar-refractivity contribution in [3.05, 3.63) is 46.2 Å². The molecule has 1 aromatic carbocycles. The molecule has 94 valence electrons. The number of hydrogen-bond acceptors (Lipinski definition) is 4. The third-order valence-electron chi connectivity index (χ3n) is 2.47. The number of benzene rings is 1. The van der Waals surface area contributed by atoms with Gasteiger partial charge in [0.2, 0.25) is 5.78 Å². The maximum atomic E-state index is 12.3. The zero-order chi connectivity index (χ0) is 13.0. The van der Waals surface area contributed by atoms with Crippen molar-refractivity contribution in [3.8, 4) is 11.5 Å². The average Bonchev–Trinajstić information content (AvgIpc) is 2.88. The lowest BCUT2D eigenvalue weighted by Gasteiger charge is -2.07. The van der Waals surface area contributed by atoms with Crippen LogP contribution in [0.5, 0.6) is 11.5 Å². The van der Waals surface area contributed by atoms with E-state index in [0.717, 1.165) is 0 Å². The van der Waals surface area contributed by atoms with Gasteiger partial charge in [-0.1, -0.05) is 12.1 Å². The predicted molar refractivity (Wildman–Crippen MR) is 71.9 cm³/mol. The highest BCUT2D eigenvalue weighted by molar-refractivity contribution is 7.12. The molecular formula is C14H14O3S. The van der Waals surface area contributed by atoms with E-state index in [1.165, 1.54) is 11.3 Å². The van der Waals surface area contributed by atoms with Crippen LogP contribution in [0.25, 0.3) is 0 Å². The Bertz CT molecular complexity index is 545. The van der Waals surface area contributed by atoms with E-state index in [9.17, 15) is 4.79 Å². The summed E-state index contributed by atoms with van der Waals surface area (Å²) in [5.41, 5.74) is 0.587. The second-order valence-electron chi connectivity index (χ2n) is 3.61. The van der Waals surface area contributed by atoms with Crippen molar-refractivity contribution in [1.29, 1.82) is 0 Å². The van der Waals surface area contributed by atoms with E-state index in [0.29, 0.717) is 28.5 Å². The van der Waals surface area contributed by atoms with Gasteiger partial charge in [0.1, 0.15) is 11.5 Å². The molecule has 1 heterocycles. The molecule has 0 radical (unpaired) electrons. The molecule has 0 aliphatic rings. The van der Waals surface area contributed by atoms with Crippen molar-refractivity contribution < 1.29 is 14.3 Å². The Labute approximate surface area is 110 Å². The molecule has 18 heavy (non-hydrogen) atoms. The molecule has 0 aliphatic carbocycles. The number of para-hydroxylation sites is 1. The van der Waals surface area contributed by atoms with E-state index in [1.54, 1.807) is 19.2 Å². The molecule has 0 bridgehead atoms. The summed E-state index contributed by atoms with van der Waals surface area (Å²) < 4.78 is 10.6. The van der Waals surface area contributed by atoms with Crippen LogP contribution in [-0.4, -0.2) is 19.5 Å². The highest BCUT2D eigenvalue weighted by Crippen LogP contribution is 2.27. The molecule has 0 saturated carbocycles. The highest BCUT2D eigenvalue weighted by Gasteiger charge is 2.16. The summed E-state index contributed by atoms with van der Waals surface area (Å²) >= 11 is 1.37. The molecule has 0 aliphatic heterocycles. The molecule has 2 rings (SSSR count). The minimum absolute atomic E-state index is 0.0349. The molecule has 0 amide bonds. The summed E-state index contributed by atoms with van der Waals surface area (Å²) in [6.45, 7) is 2.44. The molecule has 0 saturated heterocycles. The van der Waals surface area contributed by atoms with Crippen molar-refractivity contribution in [2.45, 2.75) is 6.92 Å². The first kappa shape index (κ1) is 12.6. The van der Waals surface area contributed by atoms with Gasteiger partial charge in [0.05, 0.1) is 24.2 Å². The Morgan fingerprint density at radius 3 is 2.78 bits per heavy atom. The van der Waals surface area contributed by atoms with Crippen LogP contribution in [0.15, 0.2) is 35.7 Å². The first-order valence-electron chi connectivity index (χ1n) is 5.65. The van der Waals surface area contributed by atoms with E-state index in [2.05, 4.69) is 0 Å². The van der Waals surface area contributed by atoms with Crippen molar-refractivity contribution in [1.82, 2.24) is 0 Å². The van der Waals surface area contributed by atoms with E-state index in [1.807, 2.05) is 30.5 Å². The van der Waals surface area contributed by atoms with Gasteiger partial charge in [-0.25, -0.2) is 0 Å². The molecule has 0 atom stereocenters. The van der Waals surface area contributed by atoms with Gasteiger partial charge >= 0.3 is 0 Å². The standard InChI is InChI=1S/C14H14O3S/c1-3-17-12-7-5-4-6-11(12)14(15)13-8-10(16-2)9-18-13/h4-9H,3H2,1-2H3. The van der Waals surface area contributed by atoms with Crippen LogP contribution in [-0.2, 0) is 0 Å². The van der Waals surface area contributed by atoms with Crippen molar-refractivity contribution in [2.24, 2.45) is 0 Å². The SMILES string of the molecule is CCOc1ccccc1C(=O)c1cc(OC)cs1. The van der Waals surface area contributed by atoms with Gasteiger partial charge < -0.3 is 9.47 Å². The number of carbonyl (C=O) groups is 1. The minimum Gasteiger partial charge on any atom is -0.496 e. The Kier molecular flexibility index (Phi) is 3.99. The summed E-state index contributed by atoms with van der Waals surface area (Å²) in [7, 11) is 1.59. The monoisotopic (exact) mass is 262 g/mol. The number of ketones is 1. The van der Waals surface area contributed by atoms with E-state index in [4.69, 9.17) is 9.47 Å². The van der Waals surface area contributed by atoms with Crippen LogP contribution in [0.2, 0.25) is 0 Å². The topological polar surface area (TPSA) is 35.5 Å². The smallest absolute Gasteiger partial charge is 0.206 e. The second kappa shape index (κ2) is 5.69. The lowest BCUT2D eigenvalue weighted by Crippen LogP contribution is -2.03. The summed E-state index contributed by atoms with van der Waals surface area (Å²) in [5, 5.41) is 1.82. The predicted octanol–water partition coefficient (Wildman–Crippen LogP) is 3.39. The molecule has 0 N–H and O–H groups in total. The van der Waals surface area contributed by atoms with Crippen LogP contribution < -0.4 is 9.47 Å². The Balaban J connectivity index is 2.33. The highest BCUT2D eigenvalue weighted by atomic mass is 32.1. The Hall–Kier alpha value is -1.81. The number of carbonyl (C=O) groups excluding carboxylic acids is 1. The van der Waals surface area contributed by atoms with E-state index in [-0.39, 0.29) is 5.78 Å². The minimum atomic E-state index is -0.0349. The molecule has 0 unspecified atom stereocenters. The summed E-state index contributed by atoms with van der Waals surface area (Å²) in [6.07, 6.45) is 0. The van der Waals surface area contributed by atoms with Crippen LogP contribution in [0, 0.1) is 0 Å². The van der Waals surface area contributed by atoms with Gasteiger partial charge in [0.15, 0.2) is 0 Å². The second-order valence-corrected chi connectivity index (χ2v) is 4.52. The Morgan fingerprint density at radius 1 is 1.33 bits per heavy atom. The van der Waals surface area contributed by atoms with Crippen LogP contribution in [0.1, 0.15) is 22.2 Å². The van der Waals surface area contributed by atoms with Crippen molar-refractivity contribution in [3.63, 3.8) is 0 Å². The Morgan fingerprint density at radius 2 is 2.11 bits per heavy atom. The number of ether oxygens (including phenoxy) is 2. The molecule has 0 fully saturated rings. The van der Waals surface area contributed by atoms with Gasteiger partial charge in [-0.05, 0) is 19.1 Å². The fourth-order valence-corrected chi connectivity index (χ4v) is 2.42. The third kappa shape index (κ3) is 2.54. The van der Waals surface area contributed by atoms with Gasteiger partial charge in [-0.3, -0.25) is 4.79 Å². The molecule has 0 spiro atoms. The summed E-state index contributed by atoms with van der Waals surface area (Å²) in [6, 6.07) is 9.02. The van der Waals surface area contributed by atoms with E-state index < -0.39 is 0 Å². The van der Waals surface area contributed by atoms with E-state index >= 15 is 0 Å². The molecule has 1 aromatic heterocycles. The van der Waals surface area contributed by atoms with Crippen molar-refractivity contribution >= 4 is 17.1 Å². The van der Waals surface area contributed by atoms with Gasteiger partial charge in [0.25, 0.3) is 0 Å². The zero-order valence-corrected chi connectivity index (χ0v) is 11.1. The van der Waals surface area contributed by atoms with Crippen molar-refractivity contribution in [2.75, 3.05) is 13.7 Å². The quantitative estimate of drug-likeness (QED) is 0.775. The fourth-order valence-electron chi connectivity index (χ4n) is 1.61. The molecule has 4 heteroatoms. The average molecular weight is 262 g/mol. The molecule has 2 aromatic rings. The lowest BCUT2D eigenvalue weighted by atomic mass is 10.1. The maximum Gasteiger partial charge on any atom is 0.206 e. The largest absolute Gasteiger partial charge is 0.496 e. The van der Waals surface area contributed by atoms with Crippen LogP contribution in [0.3, 0.4) is 0 Å². The van der Waals surface area contributed by atoms with Crippen LogP contribution >= 0.6 is 11.3 Å². The zero-order valence-electron chi connectivity index (χ0n) is 10.3. The maximum absolute atomic E-state index is 12.3. The first-order valence-corrected chi connectivity index (χ1v) is 6.53. The number of rotatable bonds is 5. The summed E-state index contributed by atoms with van der Waals surface area (Å²) in [4.78, 5) is 13.0. The summed E-state index contributed by atoms with van der Waals surface area (Å²) in [5.74, 6) is 1.29. The number of thiophene rings is 1. The lowest BCUT2D eigenvalue weighted by molar-refractivity contribution is 0.103. The number of methoxy groups -OCH3 is 1. The molecule has 3 nitrogen and oxygen atoms in total. The number of hydrogen-bond donors (Lipinski definition) is 0. The molecular weight excluding hydrogens is 248 g/mol. The first-order chi connectivity index (χ1) is 8.76. The van der Waals surface area contributed by atoms with Gasteiger partial charge in [-0.2, -0.15) is 0 Å². The van der Waals surface area contributed by atoms with Crippen LogP contribution in [0.4, 0.5) is 0 Å². The van der Waals surface area contributed by atoms with Gasteiger partial charge in [-0.15, -0.1) is 11.3 Å². The third-order valence-corrected chi connectivity index (χ3v) is 3.37. The fraction of sp³-hybridized carbons (Fsp3) is 0.214.